The molecule has 1 heterocycles. The van der Waals surface area contributed by atoms with E-state index < -0.39 is 10.0 Å². The number of sulfonamides is 1. The number of hydrogen-bond donors (Lipinski definition) is 2. The summed E-state index contributed by atoms with van der Waals surface area (Å²) in [6.07, 6.45) is 6.68. The Bertz CT molecular complexity index is 972. The van der Waals surface area contributed by atoms with E-state index in [0.29, 0.717) is 24.2 Å². The summed E-state index contributed by atoms with van der Waals surface area (Å²) in [6, 6.07) is 10.2. The maximum absolute atomic E-state index is 12.8. The summed E-state index contributed by atoms with van der Waals surface area (Å²) in [4.78, 5) is 12.5. The van der Waals surface area contributed by atoms with Crippen molar-refractivity contribution in [3.05, 3.63) is 59.7 Å². The van der Waals surface area contributed by atoms with Gasteiger partial charge in [-0.05, 0) is 60.9 Å². The second kappa shape index (κ2) is 8.58. The normalized spacial score (nSPS) is 16.1. The maximum Gasteiger partial charge on any atom is 0.243 e. The molecule has 0 radical (unpaired) electrons. The van der Waals surface area contributed by atoms with Crippen molar-refractivity contribution in [3.63, 3.8) is 0 Å². The molecule has 1 fully saturated rings. The van der Waals surface area contributed by atoms with Crippen LogP contribution in [0.2, 0.25) is 0 Å². The van der Waals surface area contributed by atoms with E-state index in [1.54, 1.807) is 6.07 Å². The molecule has 2 aromatic rings. The molecule has 0 amide bonds. The molecule has 1 aliphatic rings. The number of phenolic OH excluding ortho intramolecular Hbond substituents is 2. The van der Waals surface area contributed by atoms with Crippen molar-refractivity contribution < 1.29 is 23.4 Å². The second-order valence-corrected chi connectivity index (χ2v) is 8.73. The Kier molecular flexibility index (Phi) is 6.16. The smallest absolute Gasteiger partial charge is 0.243 e. The molecule has 0 aromatic heterocycles. The minimum Gasteiger partial charge on any atom is -0.504 e. The van der Waals surface area contributed by atoms with Gasteiger partial charge in [0.15, 0.2) is 17.3 Å². The molecule has 0 spiro atoms. The number of ketones is 1. The van der Waals surface area contributed by atoms with E-state index in [-0.39, 0.29) is 22.2 Å². The molecule has 0 unspecified atom stereocenters. The molecular formula is C21H23NO5S. The van der Waals surface area contributed by atoms with Crippen molar-refractivity contribution >= 4 is 21.9 Å². The lowest BCUT2D eigenvalue weighted by atomic mass is 10.1. The van der Waals surface area contributed by atoms with Crippen molar-refractivity contribution in [2.24, 2.45) is 0 Å². The maximum atomic E-state index is 12.8. The van der Waals surface area contributed by atoms with Crippen LogP contribution in [0, 0.1) is 0 Å². The van der Waals surface area contributed by atoms with Gasteiger partial charge in [-0.1, -0.05) is 25.0 Å². The Balaban J connectivity index is 1.73. The Hall–Kier alpha value is -2.64. The second-order valence-electron chi connectivity index (χ2n) is 6.79. The van der Waals surface area contributed by atoms with Crippen LogP contribution in [0.15, 0.2) is 53.4 Å². The first-order chi connectivity index (χ1) is 13.4. The summed E-state index contributed by atoms with van der Waals surface area (Å²) in [7, 11) is -3.54. The van der Waals surface area contributed by atoms with Crippen LogP contribution in [0.1, 0.15) is 41.6 Å². The standard InChI is InChI=1S/C21H23NO5S/c23-19(11-5-16-6-12-20(24)21(25)15-16)17-7-9-18(10-8-17)28(26,27)22-13-3-1-2-4-14-22/h5-12,15,24-25H,1-4,13-14H2. The van der Waals surface area contributed by atoms with Crippen LogP contribution in [-0.4, -0.2) is 41.8 Å². The third-order valence-electron chi connectivity index (χ3n) is 4.77. The van der Waals surface area contributed by atoms with Crippen LogP contribution in [-0.2, 0) is 10.0 Å². The SMILES string of the molecule is O=C(C=Cc1ccc(O)c(O)c1)c1ccc(S(=O)(=O)N2CCCCCC2)cc1. The van der Waals surface area contributed by atoms with Crippen LogP contribution in [0.4, 0.5) is 0 Å². The van der Waals surface area contributed by atoms with Gasteiger partial charge in [0.05, 0.1) is 4.90 Å². The molecule has 28 heavy (non-hydrogen) atoms. The predicted molar refractivity (Wildman–Crippen MR) is 107 cm³/mol. The lowest BCUT2D eigenvalue weighted by molar-refractivity contribution is 0.104. The van der Waals surface area contributed by atoms with Crippen molar-refractivity contribution in [1.82, 2.24) is 4.31 Å². The van der Waals surface area contributed by atoms with E-state index in [4.69, 9.17) is 0 Å². The third kappa shape index (κ3) is 4.61. The minimum absolute atomic E-state index is 0.193. The van der Waals surface area contributed by atoms with Gasteiger partial charge in [0.1, 0.15) is 0 Å². The minimum atomic E-state index is -3.54. The summed E-state index contributed by atoms with van der Waals surface area (Å²) in [6.45, 7) is 1.07. The van der Waals surface area contributed by atoms with E-state index in [0.717, 1.165) is 25.7 Å². The van der Waals surface area contributed by atoms with Gasteiger partial charge in [0, 0.05) is 18.7 Å². The van der Waals surface area contributed by atoms with E-state index in [2.05, 4.69) is 0 Å². The van der Waals surface area contributed by atoms with Crippen LogP contribution in [0.5, 0.6) is 11.5 Å². The molecule has 0 aliphatic carbocycles. The van der Waals surface area contributed by atoms with E-state index in [9.17, 15) is 23.4 Å². The Morgan fingerprint density at radius 1 is 0.893 bits per heavy atom. The first-order valence-electron chi connectivity index (χ1n) is 9.22. The van der Waals surface area contributed by atoms with Gasteiger partial charge >= 0.3 is 0 Å². The van der Waals surface area contributed by atoms with Crippen molar-refractivity contribution in [2.75, 3.05) is 13.1 Å². The molecule has 7 heteroatoms. The van der Waals surface area contributed by atoms with Crippen LogP contribution in [0.3, 0.4) is 0 Å². The fourth-order valence-electron chi connectivity index (χ4n) is 3.13. The summed E-state index contributed by atoms with van der Waals surface area (Å²) in [5.41, 5.74) is 0.929. The summed E-state index contributed by atoms with van der Waals surface area (Å²) in [5, 5.41) is 18.8. The number of nitrogens with zero attached hydrogens (tertiary/aromatic N) is 1. The summed E-state index contributed by atoms with van der Waals surface area (Å²) in [5.74, 6) is -0.784. The van der Waals surface area contributed by atoms with Gasteiger partial charge in [-0.2, -0.15) is 4.31 Å². The lowest BCUT2D eigenvalue weighted by Gasteiger charge is -2.19. The number of rotatable bonds is 5. The molecule has 6 nitrogen and oxygen atoms in total. The fourth-order valence-corrected chi connectivity index (χ4v) is 4.65. The molecule has 0 saturated carbocycles. The molecule has 1 saturated heterocycles. The quantitative estimate of drug-likeness (QED) is 0.454. The van der Waals surface area contributed by atoms with Crippen LogP contribution >= 0.6 is 0 Å². The summed E-state index contributed by atoms with van der Waals surface area (Å²) < 4.78 is 27.1. The Morgan fingerprint density at radius 2 is 1.54 bits per heavy atom. The number of hydrogen-bond acceptors (Lipinski definition) is 5. The first-order valence-corrected chi connectivity index (χ1v) is 10.7. The number of allylic oxidation sites excluding steroid dienone is 1. The average molecular weight is 401 g/mol. The molecular weight excluding hydrogens is 378 g/mol. The predicted octanol–water partition coefficient (Wildman–Crippen LogP) is 3.56. The molecule has 1 aliphatic heterocycles. The van der Waals surface area contributed by atoms with Crippen LogP contribution < -0.4 is 0 Å². The molecule has 0 atom stereocenters. The van der Waals surface area contributed by atoms with Gasteiger partial charge < -0.3 is 10.2 Å². The molecule has 2 aromatic carbocycles. The topological polar surface area (TPSA) is 94.9 Å². The molecule has 2 N–H and O–H groups in total. The van der Waals surface area contributed by atoms with Gasteiger partial charge in [-0.15, -0.1) is 0 Å². The van der Waals surface area contributed by atoms with Crippen molar-refractivity contribution in [1.29, 1.82) is 0 Å². The van der Waals surface area contributed by atoms with E-state index >= 15 is 0 Å². The number of benzene rings is 2. The number of phenols is 2. The zero-order valence-electron chi connectivity index (χ0n) is 15.4. The Labute approximate surface area is 164 Å². The van der Waals surface area contributed by atoms with E-state index in [1.807, 2.05) is 0 Å². The largest absolute Gasteiger partial charge is 0.504 e. The van der Waals surface area contributed by atoms with Gasteiger partial charge in [-0.25, -0.2) is 8.42 Å². The zero-order chi connectivity index (χ0) is 20.1. The highest BCUT2D eigenvalue weighted by atomic mass is 32.2. The summed E-state index contributed by atoms with van der Waals surface area (Å²) >= 11 is 0. The Morgan fingerprint density at radius 3 is 2.14 bits per heavy atom. The third-order valence-corrected chi connectivity index (χ3v) is 6.68. The molecule has 3 rings (SSSR count). The van der Waals surface area contributed by atoms with Crippen molar-refractivity contribution in [3.8, 4) is 11.5 Å². The monoisotopic (exact) mass is 401 g/mol. The van der Waals surface area contributed by atoms with Crippen LogP contribution in [0.25, 0.3) is 6.08 Å². The van der Waals surface area contributed by atoms with Gasteiger partial charge in [0.2, 0.25) is 10.0 Å². The lowest BCUT2D eigenvalue weighted by Crippen LogP contribution is -2.31. The highest BCUT2D eigenvalue weighted by molar-refractivity contribution is 7.89. The molecule has 148 valence electrons. The van der Waals surface area contributed by atoms with E-state index in [1.165, 1.54) is 52.9 Å². The average Bonchev–Trinajstić information content (AvgIpc) is 2.99. The zero-order valence-corrected chi connectivity index (χ0v) is 16.2. The fraction of sp³-hybridized carbons (Fsp3) is 0.286. The highest BCUT2D eigenvalue weighted by Crippen LogP contribution is 2.25. The van der Waals surface area contributed by atoms with Crippen molar-refractivity contribution in [2.45, 2.75) is 30.6 Å². The highest BCUT2D eigenvalue weighted by Gasteiger charge is 2.25. The van der Waals surface area contributed by atoms with Gasteiger partial charge in [0.25, 0.3) is 0 Å². The number of aromatic hydroxyl groups is 2. The first kappa shape index (κ1) is 20.1. The number of carbonyl (C=O) groups excluding carboxylic acids is 1. The van der Waals surface area contributed by atoms with Gasteiger partial charge in [-0.3, -0.25) is 4.79 Å². The molecule has 0 bridgehead atoms. The number of carbonyl (C=O) groups is 1.